The number of aliphatic hydroxyl groups is 1. The minimum atomic E-state index is -4.95. The Morgan fingerprint density at radius 1 is 1.32 bits per heavy atom. The molecular weight excluding hydrogens is 326 g/mol. The van der Waals surface area contributed by atoms with Crippen LogP contribution in [0.3, 0.4) is 0 Å². The summed E-state index contributed by atoms with van der Waals surface area (Å²) in [5.74, 6) is -1.01. The van der Waals surface area contributed by atoms with Gasteiger partial charge in [0.05, 0.1) is 19.8 Å². The van der Waals surface area contributed by atoms with Crippen LogP contribution in [-0.4, -0.2) is 36.6 Å². The van der Waals surface area contributed by atoms with Gasteiger partial charge < -0.3 is 24.0 Å². The van der Waals surface area contributed by atoms with Crippen molar-refractivity contribution in [3.63, 3.8) is 0 Å². The molecule has 0 aromatic heterocycles. The number of rotatable bonds is 7. The first-order valence-corrected chi connectivity index (χ1v) is 7.51. The molecule has 0 aliphatic carbocycles. The minimum Gasteiger partial charge on any atom is -0.770 e. The van der Waals surface area contributed by atoms with Crippen molar-refractivity contribution in [1.29, 1.82) is 0 Å². The van der Waals surface area contributed by atoms with Crippen LogP contribution in [-0.2, 0) is 13.8 Å². The van der Waals surface area contributed by atoms with E-state index in [-0.39, 0.29) is 47.5 Å². The van der Waals surface area contributed by atoms with Gasteiger partial charge in [-0.1, -0.05) is 12.1 Å². The molecule has 0 fully saturated rings. The Morgan fingerprint density at radius 2 is 1.95 bits per heavy atom. The molecule has 8 nitrogen and oxygen atoms in total. The van der Waals surface area contributed by atoms with E-state index in [4.69, 9.17) is 9.84 Å². The second-order valence-corrected chi connectivity index (χ2v) is 5.26. The summed E-state index contributed by atoms with van der Waals surface area (Å²) in [4.78, 5) is 34.6. The zero-order valence-electron chi connectivity index (χ0n) is 12.2. The predicted octanol–water partition coefficient (Wildman–Crippen LogP) is -2.07. The Hall–Kier alpha value is -0.730. The smallest absolute Gasteiger partial charge is 0.770 e. The quantitative estimate of drug-likeness (QED) is 0.341. The van der Waals surface area contributed by atoms with Crippen LogP contribution in [0, 0.1) is 0 Å². The number of carbonyl (C=O) groups excluding carboxylic acids is 2. The Bertz CT molecular complexity index is 562. The molecule has 0 radical (unpaired) electrons. The topological polar surface area (TPSA) is 122 Å². The van der Waals surface area contributed by atoms with Gasteiger partial charge in [-0.15, -0.1) is 0 Å². The molecule has 0 spiro atoms. The first kappa shape index (κ1) is 21.3. The van der Waals surface area contributed by atoms with Crippen LogP contribution in [0.5, 0.6) is 5.75 Å². The van der Waals surface area contributed by atoms with Crippen LogP contribution in [0.25, 0.3) is 0 Å². The average molecular weight is 340 g/mol. The molecule has 0 aliphatic heterocycles. The van der Waals surface area contributed by atoms with Gasteiger partial charge in [-0.05, 0) is 19.1 Å². The Balaban J connectivity index is 0.00000441. The summed E-state index contributed by atoms with van der Waals surface area (Å²) in [6.07, 6.45) is 0. The maximum absolute atomic E-state index is 11.6. The van der Waals surface area contributed by atoms with Gasteiger partial charge in [-0.25, -0.2) is 9.59 Å². The molecule has 1 N–H and O–H groups in total. The fourth-order valence-electron chi connectivity index (χ4n) is 1.30. The summed E-state index contributed by atoms with van der Waals surface area (Å²) in [7, 11) is -4.95. The second-order valence-electron chi connectivity index (χ2n) is 3.64. The van der Waals surface area contributed by atoms with Gasteiger partial charge in [0, 0.05) is 0 Å². The van der Waals surface area contributed by atoms with Crippen LogP contribution in [0.4, 0.5) is 4.79 Å². The number of para-hydroxylation sites is 1. The number of hydrogen-bond acceptors (Lipinski definition) is 8. The number of carbonyl (C=O) groups is 2. The van der Waals surface area contributed by atoms with Gasteiger partial charge in [-0.3, -0.25) is 4.57 Å². The van der Waals surface area contributed by atoms with E-state index in [1.807, 2.05) is 0 Å². The fourth-order valence-corrected chi connectivity index (χ4v) is 1.93. The average Bonchev–Trinajstić information content (AvgIpc) is 2.46. The monoisotopic (exact) mass is 340 g/mol. The van der Waals surface area contributed by atoms with Gasteiger partial charge in [-0.2, -0.15) is 0 Å². The molecule has 0 saturated heterocycles. The van der Waals surface area contributed by atoms with Crippen LogP contribution < -0.4 is 39.2 Å². The molecule has 1 atom stereocenters. The maximum Gasteiger partial charge on any atom is 1.00 e. The first-order valence-electron chi connectivity index (χ1n) is 5.97. The molecule has 0 heterocycles. The van der Waals surface area contributed by atoms with E-state index in [0.29, 0.717) is 0 Å². The molecule has 1 aromatic rings. The number of hydrogen-bond donors (Lipinski definition) is 1. The molecule has 1 unspecified atom stereocenters. The summed E-state index contributed by atoms with van der Waals surface area (Å²) < 4.78 is 25.0. The Labute approximate surface area is 149 Å². The number of ether oxygens (including phenoxy) is 2. The van der Waals surface area contributed by atoms with E-state index < -0.39 is 32.5 Å². The molecule has 116 valence electrons. The number of esters is 1. The van der Waals surface area contributed by atoms with Gasteiger partial charge in [0.1, 0.15) is 11.3 Å². The molecule has 0 bridgehead atoms. The first-order chi connectivity index (χ1) is 9.92. The third-order valence-corrected chi connectivity index (χ3v) is 3.22. The summed E-state index contributed by atoms with van der Waals surface area (Å²) in [6.45, 7) is 0.580. The van der Waals surface area contributed by atoms with Crippen molar-refractivity contribution in [2.24, 2.45) is 0 Å². The van der Waals surface area contributed by atoms with Gasteiger partial charge in [0.15, 0.2) is 0 Å². The summed E-state index contributed by atoms with van der Waals surface area (Å²) >= 11 is 0. The number of benzene rings is 1. The Morgan fingerprint density at radius 3 is 2.55 bits per heavy atom. The fraction of sp³-hybridized carbons (Fsp3) is 0.333. The minimum absolute atomic E-state index is 0. The van der Waals surface area contributed by atoms with Crippen molar-refractivity contribution in [3.05, 3.63) is 29.8 Å². The molecule has 22 heavy (non-hydrogen) atoms. The van der Waals surface area contributed by atoms with Crippen molar-refractivity contribution in [1.82, 2.24) is 0 Å². The van der Waals surface area contributed by atoms with Gasteiger partial charge in [0.2, 0.25) is 7.60 Å². The van der Waals surface area contributed by atoms with E-state index in [1.54, 1.807) is 6.92 Å². The van der Waals surface area contributed by atoms with Crippen LogP contribution in [0.2, 0.25) is 0 Å². The van der Waals surface area contributed by atoms with Crippen molar-refractivity contribution < 1.29 is 67.7 Å². The van der Waals surface area contributed by atoms with Crippen LogP contribution in [0.15, 0.2) is 24.3 Å². The summed E-state index contributed by atoms with van der Waals surface area (Å²) in [6, 6.07) is 5.53. The molecule has 1 rings (SSSR count). The van der Waals surface area contributed by atoms with E-state index in [0.717, 1.165) is 0 Å². The van der Waals surface area contributed by atoms with Crippen molar-refractivity contribution in [3.8, 4) is 5.75 Å². The second kappa shape index (κ2) is 10.1. The summed E-state index contributed by atoms with van der Waals surface area (Å²) in [5, 5.41) is 8.48. The zero-order valence-corrected chi connectivity index (χ0v) is 15.1. The standard InChI is InChI=1S/C12H15O8P.Na/c1-2-18-11(14)9-5-3-4-6-10(9)20-12(15)21(16,17)19-8-7-13;/h3-6,13H,2,7-8H2,1H3,(H,16,17);/q;+1/p-1. The molecule has 0 aliphatic rings. The molecule has 0 saturated carbocycles. The molecule has 0 amide bonds. The van der Waals surface area contributed by atoms with Crippen LogP contribution >= 0.6 is 7.60 Å². The van der Waals surface area contributed by atoms with Crippen LogP contribution in [0.1, 0.15) is 17.3 Å². The van der Waals surface area contributed by atoms with E-state index in [9.17, 15) is 19.0 Å². The van der Waals surface area contributed by atoms with Gasteiger partial charge >= 0.3 is 41.2 Å². The molecule has 10 heteroatoms. The van der Waals surface area contributed by atoms with Crippen molar-refractivity contribution >= 4 is 19.3 Å². The third kappa shape index (κ3) is 6.18. The maximum atomic E-state index is 11.6. The third-order valence-electron chi connectivity index (χ3n) is 2.16. The predicted molar refractivity (Wildman–Crippen MR) is 69.1 cm³/mol. The van der Waals surface area contributed by atoms with E-state index >= 15 is 0 Å². The van der Waals surface area contributed by atoms with E-state index in [2.05, 4.69) is 9.26 Å². The largest absolute Gasteiger partial charge is 1.00 e. The normalized spacial score (nSPS) is 12.7. The summed E-state index contributed by atoms with van der Waals surface area (Å²) in [5.41, 5.74) is -1.75. The number of aliphatic hydroxyl groups excluding tert-OH is 1. The Kier molecular flexibility index (Phi) is 9.79. The van der Waals surface area contributed by atoms with Crippen molar-refractivity contribution in [2.45, 2.75) is 6.92 Å². The molecule has 1 aromatic carbocycles. The van der Waals surface area contributed by atoms with Gasteiger partial charge in [0.25, 0.3) is 0 Å². The van der Waals surface area contributed by atoms with Crippen molar-refractivity contribution in [2.75, 3.05) is 19.8 Å². The van der Waals surface area contributed by atoms with E-state index in [1.165, 1.54) is 24.3 Å². The zero-order chi connectivity index (χ0) is 15.9. The molecular formula is C12H14NaO8P. The SMILES string of the molecule is CCOC(=O)c1ccccc1OC(=O)P(=O)([O-])OCCO.[Na+].